The first kappa shape index (κ1) is 33.6. The molecule has 0 spiro atoms. The summed E-state index contributed by atoms with van der Waals surface area (Å²) in [5.41, 5.74) is -0.223. The molecule has 7 nitrogen and oxygen atoms in total. The molecule has 0 aliphatic heterocycles. The molecule has 0 bridgehead atoms. The lowest BCUT2D eigenvalue weighted by Gasteiger charge is -2.32. The van der Waals surface area contributed by atoms with Crippen molar-refractivity contribution in [1.82, 2.24) is 10.2 Å². The molecular weight excluding hydrogens is 586 g/mol. The SMILES string of the molecule is CCCNC(=O)[C@@H](Cc1ccccc1)N(Cc1ccccc1F)C(=O)CCCN(c1cccc(C(F)(F)F)c1)S(C)(=O)=O. The lowest BCUT2D eigenvalue weighted by molar-refractivity contribution is -0.141. The minimum absolute atomic E-state index is 0.0649. The van der Waals surface area contributed by atoms with E-state index in [0.717, 1.165) is 34.3 Å². The highest BCUT2D eigenvalue weighted by Gasteiger charge is 2.33. The highest BCUT2D eigenvalue weighted by molar-refractivity contribution is 7.92. The van der Waals surface area contributed by atoms with E-state index in [2.05, 4.69) is 5.32 Å². The van der Waals surface area contributed by atoms with Crippen LogP contribution in [0.2, 0.25) is 0 Å². The number of rotatable bonds is 14. The van der Waals surface area contributed by atoms with Crippen molar-refractivity contribution in [3.8, 4) is 0 Å². The molecule has 43 heavy (non-hydrogen) atoms. The number of alkyl halides is 3. The molecule has 0 saturated carbocycles. The maximum Gasteiger partial charge on any atom is 0.416 e. The first-order chi connectivity index (χ1) is 20.3. The maximum atomic E-state index is 14.7. The van der Waals surface area contributed by atoms with Crippen LogP contribution < -0.4 is 9.62 Å². The van der Waals surface area contributed by atoms with Gasteiger partial charge in [-0.15, -0.1) is 0 Å². The molecule has 12 heteroatoms. The van der Waals surface area contributed by atoms with Crippen LogP contribution in [0.4, 0.5) is 23.2 Å². The van der Waals surface area contributed by atoms with E-state index >= 15 is 0 Å². The predicted molar refractivity (Wildman–Crippen MR) is 157 cm³/mol. The average Bonchev–Trinajstić information content (AvgIpc) is 2.96. The monoisotopic (exact) mass is 621 g/mol. The molecule has 0 aliphatic carbocycles. The Morgan fingerprint density at radius 1 is 0.953 bits per heavy atom. The van der Waals surface area contributed by atoms with E-state index in [-0.39, 0.29) is 43.6 Å². The van der Waals surface area contributed by atoms with Gasteiger partial charge in [0.25, 0.3) is 0 Å². The molecule has 0 heterocycles. The highest BCUT2D eigenvalue weighted by atomic mass is 32.2. The molecule has 2 amide bonds. The van der Waals surface area contributed by atoms with Crippen LogP contribution >= 0.6 is 0 Å². The zero-order valence-electron chi connectivity index (χ0n) is 24.0. The zero-order valence-corrected chi connectivity index (χ0v) is 24.8. The Kier molecular flexibility index (Phi) is 11.7. The van der Waals surface area contributed by atoms with E-state index in [4.69, 9.17) is 0 Å². The molecule has 0 saturated heterocycles. The smallest absolute Gasteiger partial charge is 0.354 e. The number of sulfonamides is 1. The number of hydrogen-bond acceptors (Lipinski definition) is 4. The number of carbonyl (C=O) groups is 2. The van der Waals surface area contributed by atoms with Crippen molar-refractivity contribution < 1.29 is 35.6 Å². The summed E-state index contributed by atoms with van der Waals surface area (Å²) >= 11 is 0. The minimum atomic E-state index is -4.67. The van der Waals surface area contributed by atoms with Crippen molar-refractivity contribution in [1.29, 1.82) is 0 Å². The van der Waals surface area contributed by atoms with Crippen molar-refractivity contribution in [2.24, 2.45) is 0 Å². The van der Waals surface area contributed by atoms with Crippen LogP contribution in [-0.4, -0.2) is 50.5 Å². The van der Waals surface area contributed by atoms with Crippen molar-refractivity contribution in [3.05, 3.63) is 101 Å². The van der Waals surface area contributed by atoms with Gasteiger partial charge in [0.1, 0.15) is 11.9 Å². The Balaban J connectivity index is 1.89. The largest absolute Gasteiger partial charge is 0.416 e. The van der Waals surface area contributed by atoms with Gasteiger partial charge in [0.15, 0.2) is 0 Å². The third-order valence-corrected chi connectivity index (χ3v) is 7.93. The molecule has 3 aromatic rings. The number of carbonyl (C=O) groups excluding carboxylic acids is 2. The van der Waals surface area contributed by atoms with Gasteiger partial charge in [-0.3, -0.25) is 13.9 Å². The van der Waals surface area contributed by atoms with Crippen LogP contribution in [0.5, 0.6) is 0 Å². The fraction of sp³-hybridized carbons (Fsp3) is 0.355. The molecule has 0 unspecified atom stereocenters. The molecule has 3 aromatic carbocycles. The number of nitrogens with zero attached hydrogens (tertiary/aromatic N) is 2. The Morgan fingerprint density at radius 2 is 1.63 bits per heavy atom. The molecule has 0 radical (unpaired) electrons. The molecule has 0 aromatic heterocycles. The summed E-state index contributed by atoms with van der Waals surface area (Å²) in [5, 5.41) is 2.82. The quantitative estimate of drug-likeness (QED) is 0.239. The van der Waals surface area contributed by atoms with Gasteiger partial charge in [-0.05, 0) is 42.7 Å². The van der Waals surface area contributed by atoms with Gasteiger partial charge in [-0.25, -0.2) is 12.8 Å². The van der Waals surface area contributed by atoms with Crippen LogP contribution in [0.3, 0.4) is 0 Å². The van der Waals surface area contributed by atoms with E-state index in [1.807, 2.05) is 25.1 Å². The van der Waals surface area contributed by atoms with Crippen LogP contribution in [0.25, 0.3) is 0 Å². The van der Waals surface area contributed by atoms with Gasteiger partial charge in [-0.1, -0.05) is 61.5 Å². The summed E-state index contributed by atoms with van der Waals surface area (Å²) in [6.07, 6.45) is -3.31. The predicted octanol–water partition coefficient (Wildman–Crippen LogP) is 5.56. The third-order valence-electron chi connectivity index (χ3n) is 6.73. The molecule has 0 aliphatic rings. The van der Waals surface area contributed by atoms with Crippen molar-refractivity contribution >= 4 is 27.5 Å². The topological polar surface area (TPSA) is 86.8 Å². The van der Waals surface area contributed by atoms with Crippen molar-refractivity contribution in [3.63, 3.8) is 0 Å². The van der Waals surface area contributed by atoms with E-state index in [1.165, 1.54) is 29.2 Å². The number of nitrogens with one attached hydrogen (secondary N) is 1. The van der Waals surface area contributed by atoms with Crippen LogP contribution in [0.15, 0.2) is 78.9 Å². The van der Waals surface area contributed by atoms with Crippen LogP contribution in [-0.2, 0) is 38.8 Å². The fourth-order valence-corrected chi connectivity index (χ4v) is 5.53. The average molecular weight is 622 g/mol. The number of halogens is 4. The summed E-state index contributed by atoms with van der Waals surface area (Å²) in [7, 11) is -4.01. The summed E-state index contributed by atoms with van der Waals surface area (Å²) in [4.78, 5) is 28.4. The van der Waals surface area contributed by atoms with Gasteiger partial charge in [0.2, 0.25) is 21.8 Å². The van der Waals surface area contributed by atoms with Crippen LogP contribution in [0.1, 0.15) is 42.9 Å². The van der Waals surface area contributed by atoms with Crippen LogP contribution in [0, 0.1) is 5.82 Å². The standard InChI is InChI=1S/C31H35F4N3O4S/c1-3-18-36-30(40)28(20-23-11-5-4-6-12-23)37(22-24-13-7-8-16-27(24)32)29(39)17-10-19-38(43(2,41)42)26-15-9-14-25(21-26)31(33,34)35/h4-9,11-16,21,28H,3,10,17-20,22H2,1-2H3,(H,36,40)/t28-/m1/s1. The van der Waals surface area contributed by atoms with Crippen molar-refractivity contribution in [2.75, 3.05) is 23.7 Å². The molecule has 232 valence electrons. The first-order valence-electron chi connectivity index (χ1n) is 13.8. The Bertz CT molecular complexity index is 1480. The fourth-order valence-electron chi connectivity index (χ4n) is 4.57. The number of amides is 2. The van der Waals surface area contributed by atoms with E-state index in [9.17, 15) is 35.6 Å². The Morgan fingerprint density at radius 3 is 2.26 bits per heavy atom. The van der Waals surface area contributed by atoms with E-state index < -0.39 is 45.4 Å². The zero-order chi connectivity index (χ0) is 31.6. The lowest BCUT2D eigenvalue weighted by Crippen LogP contribution is -2.50. The second kappa shape index (κ2) is 15.0. The summed E-state index contributed by atoms with van der Waals surface area (Å²) in [6.45, 7) is 1.75. The normalized spacial score (nSPS) is 12.4. The number of anilines is 1. The molecule has 1 N–H and O–H groups in total. The Labute approximate surface area is 249 Å². The van der Waals surface area contributed by atoms with Gasteiger partial charge in [0, 0.05) is 38.0 Å². The molecule has 3 rings (SSSR count). The minimum Gasteiger partial charge on any atom is -0.354 e. The molecule has 0 fully saturated rings. The second-order valence-electron chi connectivity index (χ2n) is 10.1. The number of benzene rings is 3. The van der Waals surface area contributed by atoms with E-state index in [0.29, 0.717) is 13.0 Å². The lowest BCUT2D eigenvalue weighted by atomic mass is 10.0. The van der Waals surface area contributed by atoms with Gasteiger partial charge >= 0.3 is 6.18 Å². The van der Waals surface area contributed by atoms with Gasteiger partial charge in [-0.2, -0.15) is 13.2 Å². The third kappa shape index (κ3) is 9.81. The Hall–Kier alpha value is -3.93. The first-order valence-corrected chi connectivity index (χ1v) is 15.7. The van der Waals surface area contributed by atoms with Crippen molar-refractivity contribution in [2.45, 2.75) is 51.4 Å². The highest BCUT2D eigenvalue weighted by Crippen LogP contribution is 2.32. The van der Waals surface area contributed by atoms with E-state index in [1.54, 1.807) is 18.2 Å². The molecule has 1 atom stereocenters. The summed E-state index contributed by atoms with van der Waals surface area (Å²) in [6, 6.07) is 17.8. The summed E-state index contributed by atoms with van der Waals surface area (Å²) < 4.78 is 80.4. The number of hydrogen-bond donors (Lipinski definition) is 1. The maximum absolute atomic E-state index is 14.7. The van der Waals surface area contributed by atoms with Gasteiger partial charge in [0.05, 0.1) is 17.5 Å². The summed E-state index contributed by atoms with van der Waals surface area (Å²) in [5.74, 6) is -1.51. The molecular formula is C31H35F4N3O4S. The van der Waals surface area contributed by atoms with Gasteiger partial charge < -0.3 is 10.2 Å². The second-order valence-corrected chi connectivity index (χ2v) is 12.0.